The van der Waals surface area contributed by atoms with Crippen LogP contribution in [0.3, 0.4) is 0 Å². The van der Waals surface area contributed by atoms with Crippen molar-refractivity contribution >= 4 is 17.6 Å². The molecule has 0 bridgehead atoms. The van der Waals surface area contributed by atoms with Gasteiger partial charge in [0.15, 0.2) is 0 Å². The number of hydrogen-bond donors (Lipinski definition) is 3. The molecule has 7 nitrogen and oxygen atoms in total. The van der Waals surface area contributed by atoms with Crippen molar-refractivity contribution in [1.82, 2.24) is 15.6 Å². The summed E-state index contributed by atoms with van der Waals surface area (Å²) in [6.07, 6.45) is 0. The largest absolute Gasteiger partial charge is 0.324 e. The summed E-state index contributed by atoms with van der Waals surface area (Å²) >= 11 is 0. The van der Waals surface area contributed by atoms with Crippen molar-refractivity contribution in [3.63, 3.8) is 0 Å². The van der Waals surface area contributed by atoms with Crippen LogP contribution in [-0.4, -0.2) is 43.0 Å². The number of carbonyl (C=O) groups excluding carboxylic acids is 2. The van der Waals surface area contributed by atoms with Crippen LogP contribution < -0.4 is 21.5 Å². The lowest BCUT2D eigenvalue weighted by atomic mass is 10.1. The molecule has 4 N–H and O–H groups in total. The summed E-state index contributed by atoms with van der Waals surface area (Å²) in [5, 5.41) is 3.26. The van der Waals surface area contributed by atoms with Crippen molar-refractivity contribution < 1.29 is 9.59 Å². The Morgan fingerprint density at radius 2 is 1.69 bits per heavy atom. The van der Waals surface area contributed by atoms with Gasteiger partial charge in [-0.15, -0.1) is 0 Å². The van der Waals surface area contributed by atoms with E-state index in [-0.39, 0.29) is 11.9 Å². The van der Waals surface area contributed by atoms with E-state index in [1.54, 1.807) is 17.0 Å². The highest BCUT2D eigenvalue weighted by molar-refractivity contribution is 5.94. The molecule has 3 amide bonds. The molecule has 3 rings (SSSR count). The maximum absolute atomic E-state index is 13.1. The number of piperazine rings is 1. The number of nitrogens with one attached hydrogen (secondary N) is 2. The van der Waals surface area contributed by atoms with Gasteiger partial charge in [-0.1, -0.05) is 30.3 Å². The van der Waals surface area contributed by atoms with Crippen LogP contribution in [0.25, 0.3) is 0 Å². The number of anilines is 1. The molecule has 1 heterocycles. The predicted octanol–water partition coefficient (Wildman–Crippen LogP) is 1.32. The molecule has 0 spiro atoms. The van der Waals surface area contributed by atoms with E-state index in [4.69, 9.17) is 5.84 Å². The molecule has 2 aromatic rings. The van der Waals surface area contributed by atoms with Gasteiger partial charge in [-0.3, -0.25) is 15.1 Å². The van der Waals surface area contributed by atoms with Gasteiger partial charge in [0.1, 0.15) is 0 Å². The minimum Gasteiger partial charge on any atom is -0.322 e. The first-order valence-electron chi connectivity index (χ1n) is 8.61. The third-order valence-electron chi connectivity index (χ3n) is 4.37. The summed E-state index contributed by atoms with van der Waals surface area (Å²) in [5.74, 6) is 4.82. The first-order valence-corrected chi connectivity index (χ1v) is 8.61. The highest BCUT2D eigenvalue weighted by Gasteiger charge is 2.23. The SMILES string of the molecule is NNC(=O)c1ccc(CN(C(=O)N2CCNCC2)c2ccccc2)cc1. The highest BCUT2D eigenvalue weighted by atomic mass is 16.2. The number of para-hydroxylation sites is 1. The average molecular weight is 353 g/mol. The number of nitrogens with two attached hydrogens (primary N) is 1. The van der Waals surface area contributed by atoms with Crippen LogP contribution in [0, 0.1) is 0 Å². The van der Waals surface area contributed by atoms with E-state index in [1.165, 1.54) is 0 Å². The van der Waals surface area contributed by atoms with Crippen LogP contribution >= 0.6 is 0 Å². The Hall–Kier alpha value is -2.90. The molecule has 0 aliphatic carbocycles. The van der Waals surface area contributed by atoms with Gasteiger partial charge < -0.3 is 10.2 Å². The monoisotopic (exact) mass is 353 g/mol. The van der Waals surface area contributed by atoms with E-state index in [1.807, 2.05) is 47.4 Å². The number of rotatable bonds is 4. The van der Waals surface area contributed by atoms with E-state index >= 15 is 0 Å². The minimum atomic E-state index is -0.339. The summed E-state index contributed by atoms with van der Waals surface area (Å²) in [4.78, 5) is 28.3. The molecule has 2 aromatic carbocycles. The van der Waals surface area contributed by atoms with Gasteiger partial charge in [-0.2, -0.15) is 0 Å². The number of benzene rings is 2. The van der Waals surface area contributed by atoms with Gasteiger partial charge in [-0.05, 0) is 29.8 Å². The van der Waals surface area contributed by atoms with Crippen LogP contribution in [0.4, 0.5) is 10.5 Å². The molecule has 136 valence electrons. The van der Waals surface area contributed by atoms with Crippen molar-refractivity contribution in [2.24, 2.45) is 5.84 Å². The average Bonchev–Trinajstić information content (AvgIpc) is 2.72. The zero-order valence-electron chi connectivity index (χ0n) is 14.5. The van der Waals surface area contributed by atoms with Crippen molar-refractivity contribution in [3.05, 3.63) is 65.7 Å². The van der Waals surface area contributed by atoms with E-state index in [9.17, 15) is 9.59 Å². The summed E-state index contributed by atoms with van der Waals surface area (Å²) in [5.41, 5.74) is 4.38. The summed E-state index contributed by atoms with van der Waals surface area (Å²) in [6, 6.07) is 16.7. The maximum atomic E-state index is 13.1. The fourth-order valence-corrected chi connectivity index (χ4v) is 2.93. The molecule has 7 heteroatoms. The van der Waals surface area contributed by atoms with Crippen LogP contribution in [0.5, 0.6) is 0 Å². The number of carbonyl (C=O) groups is 2. The fraction of sp³-hybridized carbons (Fsp3) is 0.263. The van der Waals surface area contributed by atoms with Crippen molar-refractivity contribution in [2.75, 3.05) is 31.1 Å². The molecule has 1 aliphatic heterocycles. The number of urea groups is 1. The Bertz CT molecular complexity index is 742. The summed E-state index contributed by atoms with van der Waals surface area (Å²) in [6.45, 7) is 3.42. The second kappa shape index (κ2) is 8.46. The molecule has 1 aliphatic rings. The number of nitrogen functional groups attached to an aromatic ring is 1. The first kappa shape index (κ1) is 17.9. The van der Waals surface area contributed by atoms with Gasteiger partial charge in [-0.25, -0.2) is 10.6 Å². The van der Waals surface area contributed by atoms with E-state index < -0.39 is 0 Å². The fourth-order valence-electron chi connectivity index (χ4n) is 2.93. The third kappa shape index (κ3) is 4.19. The second-order valence-corrected chi connectivity index (χ2v) is 6.11. The third-order valence-corrected chi connectivity index (χ3v) is 4.37. The molecule has 0 atom stereocenters. The van der Waals surface area contributed by atoms with Crippen LogP contribution in [0.2, 0.25) is 0 Å². The molecule has 1 saturated heterocycles. The quantitative estimate of drug-likeness (QED) is 0.439. The van der Waals surface area contributed by atoms with Crippen LogP contribution in [-0.2, 0) is 6.54 Å². The number of hydrazine groups is 1. The van der Waals surface area contributed by atoms with Crippen molar-refractivity contribution in [3.8, 4) is 0 Å². The van der Waals surface area contributed by atoms with Crippen LogP contribution in [0.15, 0.2) is 54.6 Å². The van der Waals surface area contributed by atoms with Crippen LogP contribution in [0.1, 0.15) is 15.9 Å². The highest BCUT2D eigenvalue weighted by Crippen LogP contribution is 2.19. The van der Waals surface area contributed by atoms with E-state index in [0.29, 0.717) is 25.2 Å². The second-order valence-electron chi connectivity index (χ2n) is 6.11. The van der Waals surface area contributed by atoms with Gasteiger partial charge in [0.2, 0.25) is 0 Å². The van der Waals surface area contributed by atoms with Crippen molar-refractivity contribution in [2.45, 2.75) is 6.54 Å². The molecular formula is C19H23N5O2. The lowest BCUT2D eigenvalue weighted by molar-refractivity contribution is 0.0953. The maximum Gasteiger partial charge on any atom is 0.324 e. The predicted molar refractivity (Wildman–Crippen MR) is 101 cm³/mol. The molecular weight excluding hydrogens is 330 g/mol. The molecule has 0 radical (unpaired) electrons. The number of hydrogen-bond acceptors (Lipinski definition) is 4. The lowest BCUT2D eigenvalue weighted by Gasteiger charge is -2.33. The Morgan fingerprint density at radius 3 is 2.31 bits per heavy atom. The standard InChI is InChI=1S/C19H23N5O2/c20-22-18(25)16-8-6-15(7-9-16)14-24(17-4-2-1-3-5-17)19(26)23-12-10-21-11-13-23/h1-9,21H,10-14,20H2,(H,22,25). The number of nitrogens with zero attached hydrogens (tertiary/aromatic N) is 2. The normalized spacial score (nSPS) is 14.0. The summed E-state index contributed by atoms with van der Waals surface area (Å²) < 4.78 is 0. The van der Waals surface area contributed by atoms with Gasteiger partial charge in [0.25, 0.3) is 5.91 Å². The van der Waals surface area contributed by atoms with Gasteiger partial charge >= 0.3 is 6.03 Å². The molecule has 0 aromatic heterocycles. The molecule has 1 fully saturated rings. The molecule has 0 saturated carbocycles. The van der Waals surface area contributed by atoms with Crippen molar-refractivity contribution in [1.29, 1.82) is 0 Å². The zero-order chi connectivity index (χ0) is 18.4. The van der Waals surface area contributed by atoms with Gasteiger partial charge in [0.05, 0.1) is 6.54 Å². The lowest BCUT2D eigenvalue weighted by Crippen LogP contribution is -2.51. The Morgan fingerprint density at radius 1 is 1.04 bits per heavy atom. The first-order chi connectivity index (χ1) is 12.7. The molecule has 0 unspecified atom stereocenters. The van der Waals surface area contributed by atoms with E-state index in [0.717, 1.165) is 24.3 Å². The topological polar surface area (TPSA) is 90.7 Å². The number of amides is 3. The van der Waals surface area contributed by atoms with E-state index in [2.05, 4.69) is 10.7 Å². The molecule has 26 heavy (non-hydrogen) atoms. The Labute approximate surface area is 152 Å². The smallest absolute Gasteiger partial charge is 0.322 e. The minimum absolute atomic E-state index is 0.0125. The Kier molecular flexibility index (Phi) is 5.83. The van der Waals surface area contributed by atoms with Gasteiger partial charge in [0, 0.05) is 37.4 Å². The summed E-state index contributed by atoms with van der Waals surface area (Å²) in [7, 11) is 0. The zero-order valence-corrected chi connectivity index (χ0v) is 14.5. The Balaban J connectivity index is 1.81.